The number of nitrogens with one attached hydrogen (secondary N) is 1. The van der Waals surface area contributed by atoms with Gasteiger partial charge in [-0.25, -0.2) is 8.42 Å². The van der Waals surface area contributed by atoms with Crippen molar-refractivity contribution in [1.82, 2.24) is 4.90 Å². The van der Waals surface area contributed by atoms with Crippen molar-refractivity contribution >= 4 is 27.5 Å². The number of sulfonamides is 1. The van der Waals surface area contributed by atoms with Gasteiger partial charge in [0.1, 0.15) is 11.6 Å². The van der Waals surface area contributed by atoms with Gasteiger partial charge < -0.3 is 15.3 Å². The highest BCUT2D eigenvalue weighted by Gasteiger charge is 2.25. The Morgan fingerprint density at radius 3 is 2.69 bits per heavy atom. The minimum absolute atomic E-state index is 0.0157. The second-order valence-corrected chi connectivity index (χ2v) is 9.04. The fourth-order valence-corrected chi connectivity index (χ4v) is 3.60. The number of phenolic OH excluding ortho intramolecular Hbond substituents is 1. The van der Waals surface area contributed by atoms with Crippen molar-refractivity contribution in [3.8, 4) is 5.75 Å². The molecule has 0 aromatic heterocycles. The van der Waals surface area contributed by atoms with E-state index in [1.54, 1.807) is 23.2 Å². The standard InChI is InChI=1S/C18H21N3O4S/c1-18(2,3)13-5-6-15(22)14(10-13)19-17(23)12-4-7-16-20-26(24,25)9-8-21(16)11-12/h4-7,10-11,22H,8-9H2,1-3H3,(H,19,23). The van der Waals surface area contributed by atoms with Gasteiger partial charge in [0.2, 0.25) is 0 Å². The van der Waals surface area contributed by atoms with Crippen molar-refractivity contribution in [1.29, 1.82) is 0 Å². The lowest BCUT2D eigenvalue weighted by atomic mass is 9.87. The zero-order valence-corrected chi connectivity index (χ0v) is 15.7. The van der Waals surface area contributed by atoms with Gasteiger partial charge in [-0.2, -0.15) is 0 Å². The maximum absolute atomic E-state index is 12.6. The molecule has 138 valence electrons. The molecule has 1 amide bonds. The van der Waals surface area contributed by atoms with Crippen LogP contribution in [0.2, 0.25) is 0 Å². The molecule has 1 aromatic rings. The lowest BCUT2D eigenvalue weighted by molar-refractivity contribution is -0.112. The van der Waals surface area contributed by atoms with Crippen LogP contribution >= 0.6 is 0 Å². The largest absolute Gasteiger partial charge is 0.506 e. The number of anilines is 1. The lowest BCUT2D eigenvalue weighted by Crippen LogP contribution is -2.37. The Bertz CT molecular complexity index is 953. The van der Waals surface area contributed by atoms with Crippen molar-refractivity contribution in [2.75, 3.05) is 17.6 Å². The number of carbonyl (C=O) groups excluding carboxylic acids is 1. The summed E-state index contributed by atoms with van der Waals surface area (Å²) in [6.07, 6.45) is 4.57. The molecule has 3 rings (SSSR count). The molecular formula is C18H21N3O4S. The molecule has 1 aromatic carbocycles. The maximum Gasteiger partial charge on any atom is 0.257 e. The first kappa shape index (κ1) is 18.2. The van der Waals surface area contributed by atoms with Crippen LogP contribution in [0.3, 0.4) is 0 Å². The molecule has 2 aliphatic heterocycles. The molecule has 0 fully saturated rings. The number of amidine groups is 1. The molecular weight excluding hydrogens is 354 g/mol. The molecule has 2 heterocycles. The predicted octanol–water partition coefficient (Wildman–Crippen LogP) is 2.13. The number of nitrogens with zero attached hydrogens (tertiary/aromatic N) is 2. The average Bonchev–Trinajstić information content (AvgIpc) is 2.54. The van der Waals surface area contributed by atoms with Crippen LogP contribution in [0.5, 0.6) is 5.75 Å². The summed E-state index contributed by atoms with van der Waals surface area (Å²) in [5.74, 6) is -0.206. The smallest absolute Gasteiger partial charge is 0.257 e. The SMILES string of the molecule is CC(C)(C)c1ccc(O)c(NC(=O)C2=CN3CCS(=O)(=O)N=C3C=C2)c1. The third-order valence-electron chi connectivity index (χ3n) is 4.20. The van der Waals surface area contributed by atoms with E-state index >= 15 is 0 Å². The Morgan fingerprint density at radius 2 is 2.00 bits per heavy atom. The predicted molar refractivity (Wildman–Crippen MR) is 101 cm³/mol. The summed E-state index contributed by atoms with van der Waals surface area (Å²) in [5.41, 5.74) is 1.54. The second-order valence-electron chi connectivity index (χ2n) is 7.28. The summed E-state index contributed by atoms with van der Waals surface area (Å²) >= 11 is 0. The Kier molecular flexibility index (Phi) is 4.39. The summed E-state index contributed by atoms with van der Waals surface area (Å²) in [6.45, 7) is 6.38. The van der Waals surface area contributed by atoms with Gasteiger partial charge in [-0.05, 0) is 35.3 Å². The van der Waals surface area contributed by atoms with E-state index in [4.69, 9.17) is 0 Å². The molecule has 0 saturated heterocycles. The van der Waals surface area contributed by atoms with Gasteiger partial charge in [-0.15, -0.1) is 4.40 Å². The molecule has 7 nitrogen and oxygen atoms in total. The van der Waals surface area contributed by atoms with Gasteiger partial charge in [0.05, 0.1) is 17.0 Å². The summed E-state index contributed by atoms with van der Waals surface area (Å²) in [7, 11) is -3.43. The molecule has 0 saturated carbocycles. The molecule has 0 spiro atoms. The number of carbonyl (C=O) groups is 1. The van der Waals surface area contributed by atoms with Gasteiger partial charge in [0.25, 0.3) is 15.9 Å². The molecule has 2 aliphatic rings. The van der Waals surface area contributed by atoms with E-state index in [9.17, 15) is 18.3 Å². The fourth-order valence-electron chi connectivity index (χ4n) is 2.63. The van der Waals surface area contributed by atoms with E-state index in [-0.39, 0.29) is 23.5 Å². The van der Waals surface area contributed by atoms with Crippen molar-refractivity contribution in [3.05, 3.63) is 47.7 Å². The van der Waals surface area contributed by atoms with Gasteiger partial charge in [-0.1, -0.05) is 26.8 Å². The third kappa shape index (κ3) is 3.80. The first-order valence-corrected chi connectivity index (χ1v) is 9.80. The molecule has 0 bridgehead atoms. The Balaban J connectivity index is 1.82. The van der Waals surface area contributed by atoms with Crippen LogP contribution in [-0.2, 0) is 20.2 Å². The molecule has 0 aliphatic carbocycles. The van der Waals surface area contributed by atoms with Crippen molar-refractivity contribution < 1.29 is 18.3 Å². The number of phenols is 1. The first-order valence-electron chi connectivity index (χ1n) is 8.19. The van der Waals surface area contributed by atoms with Crippen LogP contribution in [0, 0.1) is 0 Å². The molecule has 26 heavy (non-hydrogen) atoms. The van der Waals surface area contributed by atoms with E-state index < -0.39 is 15.9 Å². The van der Waals surface area contributed by atoms with Gasteiger partial charge in [0.15, 0.2) is 0 Å². The van der Waals surface area contributed by atoms with E-state index in [2.05, 4.69) is 9.71 Å². The number of amides is 1. The van der Waals surface area contributed by atoms with Crippen LogP contribution in [0.25, 0.3) is 0 Å². The van der Waals surface area contributed by atoms with Gasteiger partial charge in [0, 0.05) is 12.7 Å². The van der Waals surface area contributed by atoms with Crippen molar-refractivity contribution in [2.24, 2.45) is 4.40 Å². The number of hydrogen-bond donors (Lipinski definition) is 2. The normalized spacial score (nSPS) is 18.7. The summed E-state index contributed by atoms with van der Waals surface area (Å²) in [4.78, 5) is 14.2. The van der Waals surface area contributed by atoms with Gasteiger partial charge >= 0.3 is 0 Å². The van der Waals surface area contributed by atoms with E-state index in [0.29, 0.717) is 17.1 Å². The highest BCUT2D eigenvalue weighted by atomic mass is 32.2. The van der Waals surface area contributed by atoms with E-state index in [0.717, 1.165) is 5.56 Å². The van der Waals surface area contributed by atoms with E-state index in [1.165, 1.54) is 12.2 Å². The molecule has 0 atom stereocenters. The number of benzene rings is 1. The van der Waals surface area contributed by atoms with Crippen LogP contribution in [0.15, 0.2) is 46.5 Å². The van der Waals surface area contributed by atoms with Crippen molar-refractivity contribution in [2.45, 2.75) is 26.2 Å². The molecule has 0 unspecified atom stereocenters. The third-order valence-corrected chi connectivity index (χ3v) is 5.36. The second kappa shape index (κ2) is 6.28. The fraction of sp³-hybridized carbons (Fsp3) is 0.333. The van der Waals surface area contributed by atoms with Gasteiger partial charge in [-0.3, -0.25) is 4.79 Å². The molecule has 2 N–H and O–H groups in total. The average molecular weight is 375 g/mol. The number of rotatable bonds is 2. The lowest BCUT2D eigenvalue weighted by Gasteiger charge is -2.27. The Labute approximate surface area is 152 Å². The number of fused-ring (bicyclic) bond motifs is 1. The van der Waals surface area contributed by atoms with Crippen LogP contribution in [0.4, 0.5) is 5.69 Å². The minimum Gasteiger partial charge on any atom is -0.506 e. The minimum atomic E-state index is -3.43. The van der Waals surface area contributed by atoms with E-state index in [1.807, 2.05) is 26.8 Å². The van der Waals surface area contributed by atoms with Crippen LogP contribution in [-0.4, -0.2) is 42.5 Å². The van der Waals surface area contributed by atoms with Crippen LogP contribution in [0.1, 0.15) is 26.3 Å². The zero-order valence-electron chi connectivity index (χ0n) is 14.9. The number of hydrogen-bond acceptors (Lipinski definition) is 5. The summed E-state index contributed by atoms with van der Waals surface area (Å²) in [5, 5.41) is 12.8. The Morgan fingerprint density at radius 1 is 1.27 bits per heavy atom. The van der Waals surface area contributed by atoms with Crippen molar-refractivity contribution in [3.63, 3.8) is 0 Å². The zero-order chi connectivity index (χ0) is 19.1. The van der Waals surface area contributed by atoms with Crippen LogP contribution < -0.4 is 5.32 Å². The molecule has 0 radical (unpaired) electrons. The quantitative estimate of drug-likeness (QED) is 0.772. The monoisotopic (exact) mass is 375 g/mol. The number of aromatic hydroxyl groups is 1. The highest BCUT2D eigenvalue weighted by Crippen LogP contribution is 2.31. The Hall–Kier alpha value is -2.61. The maximum atomic E-state index is 12.6. The molecule has 8 heteroatoms. The highest BCUT2D eigenvalue weighted by molar-refractivity contribution is 7.90. The topological polar surface area (TPSA) is 99.1 Å². The first-order chi connectivity index (χ1) is 12.0. The summed E-state index contributed by atoms with van der Waals surface area (Å²) < 4.78 is 26.8. The summed E-state index contributed by atoms with van der Waals surface area (Å²) in [6, 6.07) is 5.13.